The third-order valence-electron chi connectivity index (χ3n) is 0.924. The van der Waals surface area contributed by atoms with E-state index in [2.05, 4.69) is 4.99 Å². The summed E-state index contributed by atoms with van der Waals surface area (Å²) in [7, 11) is 0. The fraction of sp³-hybridized carbons (Fsp3) is 0.429. The lowest BCUT2D eigenvalue weighted by Crippen LogP contribution is -1.83. The van der Waals surface area contributed by atoms with Crippen LogP contribution in [-0.2, 0) is 0 Å². The molecule has 0 aromatic rings. The second-order valence-corrected chi connectivity index (χ2v) is 1.74. The van der Waals surface area contributed by atoms with E-state index in [-0.39, 0.29) is 0 Å². The molecule has 0 atom stereocenters. The van der Waals surface area contributed by atoms with Gasteiger partial charge in [-0.2, -0.15) is 5.26 Å². The molecular weight excluding hydrogens is 112 g/mol. The summed E-state index contributed by atoms with van der Waals surface area (Å²) in [4.78, 5) is 3.93. The predicted octanol–water partition coefficient (Wildman–Crippen LogP) is 1.89. The van der Waals surface area contributed by atoms with E-state index in [0.717, 1.165) is 5.70 Å². The van der Waals surface area contributed by atoms with Gasteiger partial charge in [0, 0.05) is 5.70 Å². The summed E-state index contributed by atoms with van der Waals surface area (Å²) in [6.45, 7) is 5.44. The van der Waals surface area contributed by atoms with Crippen molar-refractivity contribution in [2.75, 3.05) is 0 Å². The zero-order valence-electron chi connectivity index (χ0n) is 5.97. The summed E-state index contributed by atoms with van der Waals surface area (Å²) < 4.78 is 0. The molecule has 0 unspecified atom stereocenters. The summed E-state index contributed by atoms with van der Waals surface area (Å²) in [5, 5.41) is 8.27. The number of aliphatic imine (C=N–C) groups is 1. The standard InChI is InChI=1S/C7H10N2/c1-4-6(2)9-7(3)5-8/h4H,1-3H3/b6-4-,9-7?. The van der Waals surface area contributed by atoms with Crippen molar-refractivity contribution in [3.63, 3.8) is 0 Å². The van der Waals surface area contributed by atoms with Crippen LogP contribution in [0.5, 0.6) is 0 Å². The molecule has 0 aromatic carbocycles. The van der Waals surface area contributed by atoms with Crippen molar-refractivity contribution >= 4 is 5.71 Å². The lowest BCUT2D eigenvalue weighted by molar-refractivity contribution is 1.28. The van der Waals surface area contributed by atoms with Crippen molar-refractivity contribution in [1.82, 2.24) is 0 Å². The van der Waals surface area contributed by atoms with Gasteiger partial charge in [0.1, 0.15) is 11.8 Å². The number of hydrogen-bond acceptors (Lipinski definition) is 2. The Morgan fingerprint density at radius 2 is 2.11 bits per heavy atom. The molecule has 0 fully saturated rings. The van der Waals surface area contributed by atoms with E-state index in [9.17, 15) is 0 Å². The summed E-state index contributed by atoms with van der Waals surface area (Å²) >= 11 is 0. The van der Waals surface area contributed by atoms with Crippen molar-refractivity contribution in [2.24, 2.45) is 4.99 Å². The van der Waals surface area contributed by atoms with Gasteiger partial charge in [0.2, 0.25) is 0 Å². The monoisotopic (exact) mass is 122 g/mol. The van der Waals surface area contributed by atoms with Gasteiger partial charge in [0.15, 0.2) is 0 Å². The lowest BCUT2D eigenvalue weighted by atomic mass is 10.4. The maximum atomic E-state index is 8.27. The molecule has 2 nitrogen and oxygen atoms in total. The lowest BCUT2D eigenvalue weighted by Gasteiger charge is -1.86. The number of hydrogen-bond donors (Lipinski definition) is 0. The zero-order chi connectivity index (χ0) is 7.28. The van der Waals surface area contributed by atoms with Gasteiger partial charge in [0.05, 0.1) is 0 Å². The highest BCUT2D eigenvalue weighted by molar-refractivity contribution is 5.96. The molecule has 0 bridgehead atoms. The topological polar surface area (TPSA) is 36.1 Å². The van der Waals surface area contributed by atoms with Crippen LogP contribution in [0.15, 0.2) is 16.8 Å². The second-order valence-electron chi connectivity index (χ2n) is 1.74. The van der Waals surface area contributed by atoms with E-state index in [1.54, 1.807) is 6.92 Å². The second kappa shape index (κ2) is 3.85. The van der Waals surface area contributed by atoms with Gasteiger partial charge in [0.25, 0.3) is 0 Å². The highest BCUT2D eigenvalue weighted by Gasteiger charge is 1.83. The van der Waals surface area contributed by atoms with Crippen LogP contribution < -0.4 is 0 Å². The first-order valence-electron chi connectivity index (χ1n) is 2.79. The van der Waals surface area contributed by atoms with Crippen molar-refractivity contribution in [1.29, 1.82) is 5.26 Å². The summed E-state index contributed by atoms with van der Waals surface area (Å²) in [6.07, 6.45) is 1.86. The van der Waals surface area contributed by atoms with Crippen LogP contribution >= 0.6 is 0 Å². The Kier molecular flexibility index (Phi) is 3.38. The fourth-order valence-electron chi connectivity index (χ4n) is 0.354. The Hall–Kier alpha value is -1.10. The third kappa shape index (κ3) is 3.48. The van der Waals surface area contributed by atoms with E-state index >= 15 is 0 Å². The number of nitrogens with zero attached hydrogens (tertiary/aromatic N) is 2. The molecule has 0 aliphatic heterocycles. The van der Waals surface area contributed by atoms with E-state index in [1.165, 1.54) is 0 Å². The molecule has 0 aromatic heterocycles. The Morgan fingerprint density at radius 1 is 1.56 bits per heavy atom. The average molecular weight is 122 g/mol. The van der Waals surface area contributed by atoms with Crippen molar-refractivity contribution < 1.29 is 0 Å². The molecule has 0 aliphatic rings. The van der Waals surface area contributed by atoms with Gasteiger partial charge in [-0.15, -0.1) is 0 Å². The first-order chi connectivity index (χ1) is 4.20. The van der Waals surface area contributed by atoms with Gasteiger partial charge in [-0.05, 0) is 20.8 Å². The maximum Gasteiger partial charge on any atom is 0.115 e. The normalized spacial score (nSPS) is 13.1. The summed E-state index contributed by atoms with van der Waals surface area (Å²) in [5.41, 5.74) is 1.39. The molecular formula is C7H10N2. The molecule has 0 saturated heterocycles. The first kappa shape index (κ1) is 7.90. The minimum Gasteiger partial charge on any atom is -0.248 e. The number of rotatable bonds is 1. The molecule has 48 valence electrons. The third-order valence-corrected chi connectivity index (χ3v) is 0.924. The minimum absolute atomic E-state index is 0.505. The van der Waals surface area contributed by atoms with Crippen LogP contribution in [0.25, 0.3) is 0 Å². The molecule has 0 radical (unpaired) electrons. The predicted molar refractivity (Wildman–Crippen MR) is 38.2 cm³/mol. The van der Waals surface area contributed by atoms with E-state index < -0.39 is 0 Å². The van der Waals surface area contributed by atoms with Crippen molar-refractivity contribution in [2.45, 2.75) is 20.8 Å². The molecule has 0 rings (SSSR count). The zero-order valence-corrected chi connectivity index (χ0v) is 5.97. The van der Waals surface area contributed by atoms with Gasteiger partial charge in [-0.3, -0.25) is 0 Å². The van der Waals surface area contributed by atoms with Crippen LogP contribution in [0.2, 0.25) is 0 Å². The maximum absolute atomic E-state index is 8.27. The van der Waals surface area contributed by atoms with E-state index in [1.807, 2.05) is 26.0 Å². The van der Waals surface area contributed by atoms with E-state index in [4.69, 9.17) is 5.26 Å². The summed E-state index contributed by atoms with van der Waals surface area (Å²) in [5.74, 6) is 0. The first-order valence-corrected chi connectivity index (χ1v) is 2.79. The Morgan fingerprint density at radius 3 is 2.44 bits per heavy atom. The molecule has 2 heteroatoms. The molecule has 0 amide bonds. The highest BCUT2D eigenvalue weighted by atomic mass is 14.7. The van der Waals surface area contributed by atoms with Gasteiger partial charge < -0.3 is 0 Å². The average Bonchev–Trinajstić information content (AvgIpc) is 1.87. The molecule has 0 saturated carbocycles. The Labute approximate surface area is 55.5 Å². The van der Waals surface area contributed by atoms with Crippen LogP contribution in [-0.4, -0.2) is 5.71 Å². The Balaban J connectivity index is 4.17. The van der Waals surface area contributed by atoms with Crippen molar-refractivity contribution in [3.8, 4) is 6.07 Å². The van der Waals surface area contributed by atoms with Gasteiger partial charge in [-0.25, -0.2) is 4.99 Å². The van der Waals surface area contributed by atoms with Crippen LogP contribution in [0.3, 0.4) is 0 Å². The quantitative estimate of drug-likeness (QED) is 0.489. The number of allylic oxidation sites excluding steroid dienone is 2. The molecule has 9 heavy (non-hydrogen) atoms. The Bertz CT molecular complexity index is 182. The SMILES string of the molecule is C/C=C(/C)N=C(C)C#N. The smallest absolute Gasteiger partial charge is 0.115 e. The summed E-state index contributed by atoms with van der Waals surface area (Å²) in [6, 6.07) is 1.94. The minimum atomic E-state index is 0.505. The van der Waals surface area contributed by atoms with Gasteiger partial charge >= 0.3 is 0 Å². The highest BCUT2D eigenvalue weighted by Crippen LogP contribution is 1.93. The largest absolute Gasteiger partial charge is 0.248 e. The molecule has 0 aliphatic carbocycles. The van der Waals surface area contributed by atoms with E-state index in [0.29, 0.717) is 5.71 Å². The molecule has 0 N–H and O–H groups in total. The van der Waals surface area contributed by atoms with Crippen LogP contribution in [0.4, 0.5) is 0 Å². The number of nitriles is 1. The van der Waals surface area contributed by atoms with Crippen LogP contribution in [0, 0.1) is 11.3 Å². The van der Waals surface area contributed by atoms with Crippen molar-refractivity contribution in [3.05, 3.63) is 11.8 Å². The molecule has 0 heterocycles. The molecule has 0 spiro atoms. The van der Waals surface area contributed by atoms with Gasteiger partial charge in [-0.1, -0.05) is 6.08 Å². The fourth-order valence-corrected chi connectivity index (χ4v) is 0.354. The van der Waals surface area contributed by atoms with Crippen LogP contribution in [0.1, 0.15) is 20.8 Å².